The average molecular weight is 267 g/mol. The van der Waals surface area contributed by atoms with E-state index in [2.05, 4.69) is 31.2 Å². The van der Waals surface area contributed by atoms with Crippen LogP contribution in [-0.4, -0.2) is 19.8 Å². The molecule has 14 heavy (non-hydrogen) atoms. The van der Waals surface area contributed by atoms with Gasteiger partial charge in [0, 0.05) is 12.4 Å². The van der Waals surface area contributed by atoms with Gasteiger partial charge in [-0.05, 0) is 15.9 Å². The first-order chi connectivity index (χ1) is 6.48. The lowest BCUT2D eigenvalue weighted by molar-refractivity contribution is -0.140. The maximum absolute atomic E-state index is 12.3. The Balaban J connectivity index is 2.70. The smallest absolute Gasteiger partial charge is 0.234 e. The van der Waals surface area contributed by atoms with Crippen LogP contribution in [0.2, 0.25) is 0 Å². The number of hydrogen-bond acceptors (Lipinski definition) is 3. The van der Waals surface area contributed by atoms with Gasteiger partial charge in [0.1, 0.15) is 0 Å². The van der Waals surface area contributed by atoms with Crippen molar-refractivity contribution in [3.63, 3.8) is 0 Å². The lowest BCUT2D eigenvalue weighted by atomic mass is 10.4. The van der Waals surface area contributed by atoms with Crippen molar-refractivity contribution in [1.29, 1.82) is 0 Å². The summed E-state index contributed by atoms with van der Waals surface area (Å²) in [5.74, 6) is 0. The molecular weight excluding hydrogens is 265 g/mol. The minimum atomic E-state index is -4.53. The molecule has 2 rings (SSSR count). The molecule has 0 radical (unpaired) electrons. The summed E-state index contributed by atoms with van der Waals surface area (Å²) in [5, 5.41) is 6.31. The number of halogens is 4. The standard InChI is InChI=1S/C6H2BrF3N4/c7-3-1-11-5-4(6(8,9)10)12-13-14(5)2-3/h1-2H. The summed E-state index contributed by atoms with van der Waals surface area (Å²) in [5.41, 5.74) is -1.38. The first-order valence-electron chi connectivity index (χ1n) is 3.42. The van der Waals surface area contributed by atoms with Crippen molar-refractivity contribution in [1.82, 2.24) is 19.8 Å². The van der Waals surface area contributed by atoms with Crippen molar-refractivity contribution < 1.29 is 13.2 Å². The number of hydrogen-bond donors (Lipinski definition) is 0. The molecule has 0 aliphatic rings. The van der Waals surface area contributed by atoms with Crippen LogP contribution < -0.4 is 0 Å². The number of fused-ring (bicyclic) bond motifs is 1. The molecule has 0 fully saturated rings. The molecule has 0 spiro atoms. The Labute approximate surface area is 83.9 Å². The van der Waals surface area contributed by atoms with Crippen LogP contribution in [0.4, 0.5) is 13.2 Å². The van der Waals surface area contributed by atoms with Crippen LogP contribution in [0.5, 0.6) is 0 Å². The number of rotatable bonds is 0. The molecule has 0 aliphatic heterocycles. The van der Waals surface area contributed by atoms with E-state index in [0.717, 1.165) is 4.52 Å². The molecule has 4 nitrogen and oxygen atoms in total. The molecule has 0 amide bonds. The monoisotopic (exact) mass is 266 g/mol. The van der Waals surface area contributed by atoms with E-state index in [1.165, 1.54) is 12.4 Å². The predicted molar refractivity (Wildman–Crippen MR) is 43.5 cm³/mol. The van der Waals surface area contributed by atoms with E-state index in [-0.39, 0.29) is 5.65 Å². The zero-order chi connectivity index (χ0) is 10.3. The normalized spacial score (nSPS) is 12.3. The van der Waals surface area contributed by atoms with E-state index in [1.54, 1.807) is 0 Å². The second kappa shape index (κ2) is 2.91. The van der Waals surface area contributed by atoms with Gasteiger partial charge in [-0.25, -0.2) is 9.50 Å². The second-order valence-electron chi connectivity index (χ2n) is 2.48. The fourth-order valence-electron chi connectivity index (χ4n) is 0.952. The molecule has 0 aromatic carbocycles. The molecule has 8 heteroatoms. The summed E-state index contributed by atoms with van der Waals surface area (Å²) >= 11 is 3.06. The topological polar surface area (TPSA) is 43.1 Å². The Hall–Kier alpha value is -1.18. The van der Waals surface area contributed by atoms with Crippen LogP contribution in [0.25, 0.3) is 5.65 Å². The molecule has 0 saturated carbocycles. The first-order valence-corrected chi connectivity index (χ1v) is 4.21. The van der Waals surface area contributed by atoms with Gasteiger partial charge in [0.2, 0.25) is 5.69 Å². The van der Waals surface area contributed by atoms with Gasteiger partial charge in [0.25, 0.3) is 0 Å². The zero-order valence-electron chi connectivity index (χ0n) is 6.46. The van der Waals surface area contributed by atoms with E-state index in [4.69, 9.17) is 0 Å². The maximum atomic E-state index is 12.3. The quantitative estimate of drug-likeness (QED) is 0.732. The van der Waals surface area contributed by atoms with Crippen molar-refractivity contribution in [2.24, 2.45) is 0 Å². The summed E-state index contributed by atoms with van der Waals surface area (Å²) in [6.07, 6.45) is -1.92. The van der Waals surface area contributed by atoms with Gasteiger partial charge in [-0.2, -0.15) is 13.2 Å². The molecule has 0 saturated heterocycles. The predicted octanol–water partition coefficient (Wildman–Crippen LogP) is 1.91. The third kappa shape index (κ3) is 1.45. The number of alkyl halides is 3. The van der Waals surface area contributed by atoms with E-state index >= 15 is 0 Å². The van der Waals surface area contributed by atoms with Crippen LogP contribution in [0.1, 0.15) is 5.69 Å². The molecular formula is C6H2BrF3N4. The SMILES string of the molecule is FC(F)(F)c1nnn2cc(Br)cnc12. The highest BCUT2D eigenvalue weighted by atomic mass is 79.9. The Kier molecular flexibility index (Phi) is 1.95. The summed E-state index contributed by atoms with van der Waals surface area (Å²) < 4.78 is 38.3. The maximum Gasteiger partial charge on any atom is 0.439 e. The minimum absolute atomic E-state index is 0.305. The lowest BCUT2D eigenvalue weighted by Gasteiger charge is -2.00. The summed E-state index contributed by atoms with van der Waals surface area (Å²) in [6, 6.07) is 0. The van der Waals surface area contributed by atoms with Gasteiger partial charge < -0.3 is 0 Å². The van der Waals surface area contributed by atoms with Crippen LogP contribution in [0, 0.1) is 0 Å². The van der Waals surface area contributed by atoms with Crippen molar-refractivity contribution in [2.75, 3.05) is 0 Å². The largest absolute Gasteiger partial charge is 0.439 e. The van der Waals surface area contributed by atoms with Crippen LogP contribution >= 0.6 is 15.9 Å². The molecule has 74 valence electrons. The minimum Gasteiger partial charge on any atom is -0.234 e. The van der Waals surface area contributed by atoms with Crippen molar-refractivity contribution >= 4 is 21.6 Å². The highest BCUT2D eigenvalue weighted by Crippen LogP contribution is 2.29. The highest BCUT2D eigenvalue weighted by Gasteiger charge is 2.37. The van der Waals surface area contributed by atoms with E-state index in [1.807, 2.05) is 0 Å². The molecule has 2 heterocycles. The summed E-state index contributed by atoms with van der Waals surface area (Å²) in [7, 11) is 0. The summed E-state index contributed by atoms with van der Waals surface area (Å²) in [6.45, 7) is 0. The Morgan fingerprint density at radius 2 is 2.07 bits per heavy atom. The van der Waals surface area contributed by atoms with Crippen molar-refractivity contribution in [3.8, 4) is 0 Å². The summed E-state index contributed by atoms with van der Waals surface area (Å²) in [4.78, 5) is 3.58. The third-order valence-electron chi connectivity index (χ3n) is 1.49. The Morgan fingerprint density at radius 1 is 1.36 bits per heavy atom. The number of aromatic nitrogens is 4. The van der Waals surface area contributed by atoms with Crippen molar-refractivity contribution in [2.45, 2.75) is 6.18 Å². The van der Waals surface area contributed by atoms with E-state index < -0.39 is 11.9 Å². The van der Waals surface area contributed by atoms with Crippen LogP contribution in [0.15, 0.2) is 16.9 Å². The van der Waals surface area contributed by atoms with Crippen LogP contribution in [0.3, 0.4) is 0 Å². The molecule has 0 N–H and O–H groups in total. The second-order valence-corrected chi connectivity index (χ2v) is 3.39. The first kappa shape index (κ1) is 9.38. The van der Waals surface area contributed by atoms with Crippen LogP contribution in [-0.2, 0) is 6.18 Å². The molecule has 0 atom stereocenters. The van der Waals surface area contributed by atoms with E-state index in [9.17, 15) is 13.2 Å². The van der Waals surface area contributed by atoms with Gasteiger partial charge in [0.05, 0.1) is 4.47 Å². The molecule has 0 unspecified atom stereocenters. The van der Waals surface area contributed by atoms with Gasteiger partial charge in [-0.15, -0.1) is 5.10 Å². The molecule has 0 aliphatic carbocycles. The van der Waals surface area contributed by atoms with Gasteiger partial charge in [-0.1, -0.05) is 5.21 Å². The Bertz CT molecular complexity index is 477. The van der Waals surface area contributed by atoms with Gasteiger partial charge >= 0.3 is 6.18 Å². The molecule has 0 bridgehead atoms. The fourth-order valence-corrected chi connectivity index (χ4v) is 1.25. The number of nitrogens with zero attached hydrogens (tertiary/aromatic N) is 4. The zero-order valence-corrected chi connectivity index (χ0v) is 8.04. The average Bonchev–Trinajstić information content (AvgIpc) is 2.45. The fraction of sp³-hybridized carbons (Fsp3) is 0.167. The van der Waals surface area contributed by atoms with E-state index in [0.29, 0.717) is 4.47 Å². The molecule has 2 aromatic rings. The highest BCUT2D eigenvalue weighted by molar-refractivity contribution is 9.10. The van der Waals surface area contributed by atoms with Gasteiger partial charge in [-0.3, -0.25) is 0 Å². The molecule has 2 aromatic heterocycles. The van der Waals surface area contributed by atoms with Crippen molar-refractivity contribution in [3.05, 3.63) is 22.6 Å². The van der Waals surface area contributed by atoms with Gasteiger partial charge in [0.15, 0.2) is 5.65 Å². The third-order valence-corrected chi connectivity index (χ3v) is 1.90. The lowest BCUT2D eigenvalue weighted by Crippen LogP contribution is -2.06. The Morgan fingerprint density at radius 3 is 2.71 bits per heavy atom.